The molecule has 5 rings (SSSR count). The minimum Gasteiger partial charge on any atom is -0.480 e. The van der Waals surface area contributed by atoms with Crippen molar-refractivity contribution in [2.24, 2.45) is 0 Å². The van der Waals surface area contributed by atoms with Gasteiger partial charge in [-0.2, -0.15) is 5.01 Å². The standard InChI is InChI=1S/C24H22N4O4/c1-32-21-13-20(26(25-21)14-16-6-3-2-4-7-16)17-10-11-19-18(12-17)15-27(24(19)31)28-22(29)8-5-9-23(28)30/h2-4,6-7,10-13H,5,8-9,14-15H2,1H3. The first kappa shape index (κ1) is 20.0. The van der Waals surface area contributed by atoms with Gasteiger partial charge in [0.05, 0.1) is 25.9 Å². The van der Waals surface area contributed by atoms with Crippen LogP contribution in [0.4, 0.5) is 0 Å². The SMILES string of the molecule is COc1cc(-c2ccc3c(c2)CN(N2C(=O)CCCC2=O)C3=O)n(Cc2ccccc2)n1. The molecule has 32 heavy (non-hydrogen) atoms. The van der Waals surface area contributed by atoms with Crippen molar-refractivity contribution in [3.63, 3.8) is 0 Å². The Kier molecular flexibility index (Phi) is 4.97. The largest absolute Gasteiger partial charge is 0.480 e. The molecule has 0 atom stereocenters. The zero-order chi connectivity index (χ0) is 22.2. The van der Waals surface area contributed by atoms with Crippen molar-refractivity contribution in [2.75, 3.05) is 7.11 Å². The Bertz CT molecular complexity index is 1200. The van der Waals surface area contributed by atoms with Crippen LogP contribution in [0.1, 0.15) is 40.7 Å². The second kappa shape index (κ2) is 7.96. The summed E-state index contributed by atoms with van der Waals surface area (Å²) >= 11 is 0. The van der Waals surface area contributed by atoms with Gasteiger partial charge >= 0.3 is 0 Å². The van der Waals surface area contributed by atoms with Gasteiger partial charge in [-0.25, -0.2) is 5.01 Å². The average Bonchev–Trinajstić information content (AvgIpc) is 3.35. The lowest BCUT2D eigenvalue weighted by Gasteiger charge is -2.32. The number of piperidine rings is 1. The van der Waals surface area contributed by atoms with Gasteiger partial charge in [0.15, 0.2) is 0 Å². The van der Waals surface area contributed by atoms with E-state index in [-0.39, 0.29) is 37.1 Å². The highest BCUT2D eigenvalue weighted by atomic mass is 16.5. The molecule has 0 radical (unpaired) electrons. The van der Waals surface area contributed by atoms with Crippen LogP contribution >= 0.6 is 0 Å². The molecule has 3 aromatic rings. The van der Waals surface area contributed by atoms with Gasteiger partial charge in [0, 0.05) is 30.0 Å². The molecule has 0 N–H and O–H groups in total. The fourth-order valence-electron chi connectivity index (χ4n) is 4.24. The monoisotopic (exact) mass is 430 g/mol. The number of hydrogen-bond donors (Lipinski definition) is 0. The summed E-state index contributed by atoms with van der Waals surface area (Å²) < 4.78 is 7.21. The van der Waals surface area contributed by atoms with Crippen molar-refractivity contribution >= 4 is 17.7 Å². The average molecular weight is 430 g/mol. The van der Waals surface area contributed by atoms with Gasteiger partial charge in [-0.3, -0.25) is 19.1 Å². The van der Waals surface area contributed by atoms with Gasteiger partial charge in [-0.05, 0) is 29.7 Å². The molecule has 1 fully saturated rings. The maximum atomic E-state index is 12.9. The Hall–Kier alpha value is -3.94. The zero-order valence-corrected chi connectivity index (χ0v) is 17.7. The van der Waals surface area contributed by atoms with Gasteiger partial charge in [0.2, 0.25) is 17.7 Å². The normalized spacial score (nSPS) is 16.0. The van der Waals surface area contributed by atoms with E-state index in [1.54, 1.807) is 13.2 Å². The third-order valence-electron chi connectivity index (χ3n) is 5.82. The Morgan fingerprint density at radius 2 is 1.72 bits per heavy atom. The Balaban J connectivity index is 1.47. The quantitative estimate of drug-likeness (QED) is 0.581. The van der Waals surface area contributed by atoms with Crippen LogP contribution in [0.2, 0.25) is 0 Å². The molecule has 2 aliphatic rings. The highest BCUT2D eigenvalue weighted by Gasteiger charge is 2.39. The van der Waals surface area contributed by atoms with E-state index in [1.807, 2.05) is 53.2 Å². The lowest BCUT2D eigenvalue weighted by Crippen LogP contribution is -2.51. The fourth-order valence-corrected chi connectivity index (χ4v) is 4.24. The van der Waals surface area contributed by atoms with Crippen molar-refractivity contribution in [1.29, 1.82) is 0 Å². The molecular formula is C24H22N4O4. The van der Waals surface area contributed by atoms with E-state index in [0.29, 0.717) is 24.4 Å². The second-order valence-electron chi connectivity index (χ2n) is 7.90. The Morgan fingerprint density at radius 3 is 2.44 bits per heavy atom. The van der Waals surface area contributed by atoms with E-state index in [1.165, 1.54) is 5.01 Å². The number of aromatic nitrogens is 2. The van der Waals surface area contributed by atoms with Crippen LogP contribution in [-0.2, 0) is 22.7 Å². The first-order valence-corrected chi connectivity index (χ1v) is 10.5. The molecule has 3 heterocycles. The van der Waals surface area contributed by atoms with Crippen molar-refractivity contribution in [2.45, 2.75) is 32.4 Å². The van der Waals surface area contributed by atoms with E-state index in [2.05, 4.69) is 5.10 Å². The van der Waals surface area contributed by atoms with Gasteiger partial charge in [0.25, 0.3) is 5.91 Å². The molecule has 3 amide bonds. The number of methoxy groups -OCH3 is 1. The Labute approximate surface area is 185 Å². The number of nitrogens with zero attached hydrogens (tertiary/aromatic N) is 4. The van der Waals surface area contributed by atoms with Crippen molar-refractivity contribution in [1.82, 2.24) is 19.8 Å². The summed E-state index contributed by atoms with van der Waals surface area (Å²) in [6.45, 7) is 0.752. The number of benzene rings is 2. The third kappa shape index (κ3) is 3.43. The fraction of sp³-hybridized carbons (Fsp3) is 0.250. The minimum atomic E-state index is -0.328. The molecule has 8 heteroatoms. The van der Waals surface area contributed by atoms with Crippen LogP contribution in [0.25, 0.3) is 11.3 Å². The van der Waals surface area contributed by atoms with Crippen molar-refractivity contribution < 1.29 is 19.1 Å². The maximum absolute atomic E-state index is 12.9. The van der Waals surface area contributed by atoms with E-state index in [9.17, 15) is 14.4 Å². The highest BCUT2D eigenvalue weighted by molar-refractivity contribution is 6.04. The van der Waals surface area contributed by atoms with Crippen LogP contribution in [-0.4, -0.2) is 44.6 Å². The smallest absolute Gasteiger partial charge is 0.273 e. The van der Waals surface area contributed by atoms with Crippen LogP contribution in [0.3, 0.4) is 0 Å². The number of imide groups is 1. The second-order valence-corrected chi connectivity index (χ2v) is 7.90. The third-order valence-corrected chi connectivity index (χ3v) is 5.82. The number of ether oxygens (including phenoxy) is 1. The molecule has 0 bridgehead atoms. The highest BCUT2D eigenvalue weighted by Crippen LogP contribution is 2.32. The summed E-state index contributed by atoms with van der Waals surface area (Å²) in [7, 11) is 1.57. The summed E-state index contributed by atoms with van der Waals surface area (Å²) in [6.07, 6.45) is 1.08. The van der Waals surface area contributed by atoms with E-state index in [0.717, 1.165) is 27.4 Å². The van der Waals surface area contributed by atoms with E-state index >= 15 is 0 Å². The molecular weight excluding hydrogens is 408 g/mol. The predicted molar refractivity (Wildman–Crippen MR) is 115 cm³/mol. The van der Waals surface area contributed by atoms with Crippen LogP contribution in [0.15, 0.2) is 54.6 Å². The van der Waals surface area contributed by atoms with E-state index < -0.39 is 0 Å². The lowest BCUT2D eigenvalue weighted by atomic mass is 10.0. The molecule has 0 unspecified atom stereocenters. The van der Waals surface area contributed by atoms with Gasteiger partial charge in [-0.1, -0.05) is 36.4 Å². The summed E-state index contributed by atoms with van der Waals surface area (Å²) in [5.41, 5.74) is 4.10. The van der Waals surface area contributed by atoms with E-state index in [4.69, 9.17) is 4.74 Å². The number of amides is 3. The van der Waals surface area contributed by atoms with Gasteiger partial charge < -0.3 is 4.74 Å². The summed E-state index contributed by atoms with van der Waals surface area (Å²) in [4.78, 5) is 37.6. The molecule has 162 valence electrons. The summed E-state index contributed by atoms with van der Waals surface area (Å²) in [5, 5.41) is 6.82. The molecule has 0 saturated carbocycles. The first-order chi connectivity index (χ1) is 15.5. The minimum absolute atomic E-state index is 0.184. The molecule has 0 spiro atoms. The maximum Gasteiger partial charge on any atom is 0.273 e. The lowest BCUT2D eigenvalue weighted by molar-refractivity contribution is -0.163. The topological polar surface area (TPSA) is 84.7 Å². The van der Waals surface area contributed by atoms with Crippen LogP contribution < -0.4 is 4.74 Å². The molecule has 1 aromatic heterocycles. The predicted octanol–water partition coefficient (Wildman–Crippen LogP) is 3.02. The molecule has 1 saturated heterocycles. The molecule has 8 nitrogen and oxygen atoms in total. The Morgan fingerprint density at radius 1 is 0.969 bits per heavy atom. The van der Waals surface area contributed by atoms with Crippen LogP contribution in [0.5, 0.6) is 5.88 Å². The molecule has 0 aliphatic carbocycles. The summed E-state index contributed by atoms with van der Waals surface area (Å²) in [6, 6.07) is 17.4. The number of carbonyl (C=O) groups excluding carboxylic acids is 3. The number of hydrazine groups is 1. The van der Waals surface area contributed by atoms with Crippen molar-refractivity contribution in [3.8, 4) is 17.1 Å². The molecule has 2 aromatic carbocycles. The first-order valence-electron chi connectivity index (χ1n) is 10.5. The van der Waals surface area contributed by atoms with Gasteiger partial charge in [-0.15, -0.1) is 5.10 Å². The zero-order valence-electron chi connectivity index (χ0n) is 17.7. The number of fused-ring (bicyclic) bond motifs is 1. The number of hydrogen-bond acceptors (Lipinski definition) is 5. The van der Waals surface area contributed by atoms with Crippen LogP contribution in [0, 0.1) is 0 Å². The molecule has 2 aliphatic heterocycles. The van der Waals surface area contributed by atoms with Gasteiger partial charge in [0.1, 0.15) is 0 Å². The summed E-state index contributed by atoms with van der Waals surface area (Å²) in [5.74, 6) is -0.481. The number of carbonyl (C=O) groups is 3. The number of rotatable bonds is 5. The van der Waals surface area contributed by atoms with Crippen molar-refractivity contribution in [3.05, 3.63) is 71.3 Å².